The SMILES string of the molecule is Cl.c1ccc2c(NCCNc3cccc4ccccc34)cccc2c1. The van der Waals surface area contributed by atoms with Crippen molar-refractivity contribution < 1.29 is 0 Å². The zero-order valence-corrected chi connectivity index (χ0v) is 14.7. The Balaban J connectivity index is 0.00000182. The molecule has 0 saturated heterocycles. The molecule has 0 aliphatic carbocycles. The van der Waals surface area contributed by atoms with Crippen molar-refractivity contribution in [1.82, 2.24) is 0 Å². The molecule has 0 aliphatic heterocycles. The standard InChI is InChI=1S/C22H20N2.ClH/c1-3-11-19-17(7-1)9-5-13-21(19)23-15-16-24-22-14-6-10-18-8-2-4-12-20(18)22;/h1-14,23-24H,15-16H2;1H. The first-order valence-corrected chi connectivity index (χ1v) is 8.35. The Hall–Kier alpha value is -2.71. The summed E-state index contributed by atoms with van der Waals surface area (Å²) in [5.74, 6) is 0. The van der Waals surface area contributed by atoms with Crippen LogP contribution in [0.1, 0.15) is 0 Å². The number of benzene rings is 4. The van der Waals surface area contributed by atoms with Gasteiger partial charge in [-0.3, -0.25) is 0 Å². The van der Waals surface area contributed by atoms with Crippen molar-refractivity contribution >= 4 is 45.3 Å². The fourth-order valence-corrected chi connectivity index (χ4v) is 3.15. The Morgan fingerprint density at radius 3 is 1.36 bits per heavy atom. The molecule has 4 aromatic rings. The highest BCUT2D eigenvalue weighted by Crippen LogP contribution is 2.24. The first-order chi connectivity index (χ1) is 11.9. The van der Waals surface area contributed by atoms with Gasteiger partial charge in [-0.15, -0.1) is 12.4 Å². The van der Waals surface area contributed by atoms with E-state index >= 15 is 0 Å². The minimum absolute atomic E-state index is 0. The molecule has 0 amide bonds. The van der Waals surface area contributed by atoms with Crippen molar-refractivity contribution in [3.05, 3.63) is 84.9 Å². The molecular formula is C22H21ClN2. The third-order valence-electron chi connectivity index (χ3n) is 4.34. The van der Waals surface area contributed by atoms with Crippen LogP contribution in [0.15, 0.2) is 84.9 Å². The van der Waals surface area contributed by atoms with Crippen molar-refractivity contribution in [2.75, 3.05) is 23.7 Å². The second kappa shape index (κ2) is 7.91. The van der Waals surface area contributed by atoms with Gasteiger partial charge in [-0.2, -0.15) is 0 Å². The molecule has 0 atom stereocenters. The van der Waals surface area contributed by atoms with Gasteiger partial charge in [0.25, 0.3) is 0 Å². The summed E-state index contributed by atoms with van der Waals surface area (Å²) in [6, 6.07) is 29.7. The molecule has 3 heteroatoms. The van der Waals surface area contributed by atoms with E-state index in [2.05, 4.69) is 95.6 Å². The lowest BCUT2D eigenvalue weighted by Crippen LogP contribution is -2.13. The molecule has 2 nitrogen and oxygen atoms in total. The van der Waals surface area contributed by atoms with Gasteiger partial charge in [0.2, 0.25) is 0 Å². The quantitative estimate of drug-likeness (QED) is 0.436. The fraction of sp³-hybridized carbons (Fsp3) is 0.0909. The maximum Gasteiger partial charge on any atom is 0.0420 e. The molecule has 4 aromatic carbocycles. The average Bonchev–Trinajstić information content (AvgIpc) is 2.65. The van der Waals surface area contributed by atoms with Crippen molar-refractivity contribution in [1.29, 1.82) is 0 Å². The van der Waals surface area contributed by atoms with Gasteiger partial charge in [0.15, 0.2) is 0 Å². The van der Waals surface area contributed by atoms with Gasteiger partial charge in [-0.25, -0.2) is 0 Å². The third-order valence-corrected chi connectivity index (χ3v) is 4.34. The Kier molecular flexibility index (Phi) is 5.42. The second-order valence-electron chi connectivity index (χ2n) is 5.91. The minimum Gasteiger partial charge on any atom is -0.383 e. The summed E-state index contributed by atoms with van der Waals surface area (Å²) in [7, 11) is 0. The van der Waals surface area contributed by atoms with Crippen LogP contribution in [0.4, 0.5) is 11.4 Å². The van der Waals surface area contributed by atoms with Gasteiger partial charge in [0, 0.05) is 35.2 Å². The molecule has 25 heavy (non-hydrogen) atoms. The predicted molar refractivity (Wildman–Crippen MR) is 112 cm³/mol. The Morgan fingerprint density at radius 2 is 0.880 bits per heavy atom. The molecule has 4 rings (SSSR count). The number of fused-ring (bicyclic) bond motifs is 2. The molecule has 0 heterocycles. The van der Waals surface area contributed by atoms with E-state index in [1.165, 1.54) is 32.9 Å². The summed E-state index contributed by atoms with van der Waals surface area (Å²) in [6.45, 7) is 1.74. The summed E-state index contributed by atoms with van der Waals surface area (Å²) in [4.78, 5) is 0. The lowest BCUT2D eigenvalue weighted by Gasteiger charge is -2.12. The van der Waals surface area contributed by atoms with Crippen molar-refractivity contribution in [2.45, 2.75) is 0 Å². The summed E-state index contributed by atoms with van der Waals surface area (Å²) >= 11 is 0. The molecule has 2 N–H and O–H groups in total. The van der Waals surface area contributed by atoms with E-state index in [1.807, 2.05) is 0 Å². The smallest absolute Gasteiger partial charge is 0.0420 e. The van der Waals surface area contributed by atoms with Crippen molar-refractivity contribution in [2.24, 2.45) is 0 Å². The highest BCUT2D eigenvalue weighted by atomic mass is 35.5. The Labute approximate surface area is 154 Å². The summed E-state index contributed by atoms with van der Waals surface area (Å²) in [5.41, 5.74) is 2.38. The van der Waals surface area contributed by atoms with E-state index in [4.69, 9.17) is 0 Å². The van der Waals surface area contributed by atoms with Crippen LogP contribution in [0, 0.1) is 0 Å². The first-order valence-electron chi connectivity index (χ1n) is 8.35. The predicted octanol–water partition coefficient (Wildman–Crippen LogP) is 5.94. The molecule has 0 spiro atoms. The van der Waals surface area contributed by atoms with Gasteiger partial charge in [0.1, 0.15) is 0 Å². The maximum atomic E-state index is 3.54. The van der Waals surface area contributed by atoms with E-state index in [9.17, 15) is 0 Å². The van der Waals surface area contributed by atoms with Crippen LogP contribution in [0.5, 0.6) is 0 Å². The number of hydrogen-bond donors (Lipinski definition) is 2. The van der Waals surface area contributed by atoms with Gasteiger partial charge in [-0.1, -0.05) is 72.8 Å². The number of nitrogens with one attached hydrogen (secondary N) is 2. The van der Waals surface area contributed by atoms with E-state index in [-0.39, 0.29) is 12.4 Å². The molecule has 0 saturated carbocycles. The Morgan fingerprint density at radius 1 is 0.480 bits per heavy atom. The molecule has 0 aliphatic rings. The average molecular weight is 349 g/mol. The Bertz CT molecular complexity index is 890. The lowest BCUT2D eigenvalue weighted by atomic mass is 10.1. The highest BCUT2D eigenvalue weighted by Gasteiger charge is 2.01. The molecule has 0 fully saturated rings. The van der Waals surface area contributed by atoms with Crippen molar-refractivity contribution in [3.63, 3.8) is 0 Å². The number of hydrogen-bond acceptors (Lipinski definition) is 2. The van der Waals surface area contributed by atoms with E-state index in [0.29, 0.717) is 0 Å². The molecule has 0 aromatic heterocycles. The van der Waals surface area contributed by atoms with Gasteiger partial charge in [0.05, 0.1) is 0 Å². The monoisotopic (exact) mass is 348 g/mol. The fourth-order valence-electron chi connectivity index (χ4n) is 3.15. The van der Waals surface area contributed by atoms with Crippen LogP contribution in [-0.4, -0.2) is 13.1 Å². The van der Waals surface area contributed by atoms with Gasteiger partial charge >= 0.3 is 0 Å². The molecule has 0 radical (unpaired) electrons. The third kappa shape index (κ3) is 3.70. The molecule has 0 unspecified atom stereocenters. The van der Waals surface area contributed by atoms with Crippen LogP contribution in [0.25, 0.3) is 21.5 Å². The van der Waals surface area contributed by atoms with E-state index < -0.39 is 0 Å². The van der Waals surface area contributed by atoms with E-state index in [0.717, 1.165) is 13.1 Å². The number of rotatable bonds is 5. The lowest BCUT2D eigenvalue weighted by molar-refractivity contribution is 1.08. The van der Waals surface area contributed by atoms with Crippen LogP contribution < -0.4 is 10.6 Å². The molecular weight excluding hydrogens is 328 g/mol. The van der Waals surface area contributed by atoms with Gasteiger partial charge in [-0.05, 0) is 22.9 Å². The normalized spacial score (nSPS) is 10.4. The number of anilines is 2. The zero-order valence-electron chi connectivity index (χ0n) is 13.9. The van der Waals surface area contributed by atoms with Crippen LogP contribution in [0.2, 0.25) is 0 Å². The highest BCUT2D eigenvalue weighted by molar-refractivity contribution is 5.94. The van der Waals surface area contributed by atoms with Crippen LogP contribution in [0.3, 0.4) is 0 Å². The van der Waals surface area contributed by atoms with Crippen LogP contribution in [-0.2, 0) is 0 Å². The number of halogens is 1. The summed E-state index contributed by atoms with van der Waals surface area (Å²) < 4.78 is 0. The summed E-state index contributed by atoms with van der Waals surface area (Å²) in [6.07, 6.45) is 0. The minimum atomic E-state index is 0. The molecule has 126 valence electrons. The summed E-state index contributed by atoms with van der Waals surface area (Å²) in [5, 5.41) is 12.2. The van der Waals surface area contributed by atoms with Crippen molar-refractivity contribution in [3.8, 4) is 0 Å². The largest absolute Gasteiger partial charge is 0.383 e. The maximum absolute atomic E-state index is 3.54. The van der Waals surface area contributed by atoms with E-state index in [1.54, 1.807) is 0 Å². The topological polar surface area (TPSA) is 24.1 Å². The van der Waals surface area contributed by atoms with Gasteiger partial charge < -0.3 is 10.6 Å². The zero-order chi connectivity index (χ0) is 16.2. The van der Waals surface area contributed by atoms with Crippen LogP contribution >= 0.6 is 12.4 Å². The second-order valence-corrected chi connectivity index (χ2v) is 5.91. The molecule has 0 bridgehead atoms. The first kappa shape index (κ1) is 17.1.